The van der Waals surface area contributed by atoms with Gasteiger partial charge in [-0.25, -0.2) is 4.68 Å². The Labute approximate surface area is 71.8 Å². The van der Waals surface area contributed by atoms with E-state index in [1.54, 1.807) is 0 Å². The van der Waals surface area contributed by atoms with Crippen molar-refractivity contribution in [2.45, 2.75) is 19.4 Å². The lowest BCUT2D eigenvalue weighted by Crippen LogP contribution is -2.28. The maximum atomic E-state index is 4.27. The Morgan fingerprint density at radius 3 is 3.17 bits per heavy atom. The first-order chi connectivity index (χ1) is 5.93. The zero-order valence-electron chi connectivity index (χ0n) is 7.03. The lowest BCUT2D eigenvalue weighted by Gasteiger charge is -2.24. The van der Waals surface area contributed by atoms with Crippen molar-refractivity contribution in [3.8, 4) is 0 Å². The van der Waals surface area contributed by atoms with Crippen LogP contribution in [0.5, 0.6) is 0 Å². The van der Waals surface area contributed by atoms with Crippen molar-refractivity contribution >= 4 is 5.82 Å². The molecule has 1 aromatic heterocycles. The Kier molecular flexibility index (Phi) is 1.22. The lowest BCUT2D eigenvalue weighted by molar-refractivity contribution is 0.374. The second kappa shape index (κ2) is 2.25. The molecule has 1 aromatic rings. The molecule has 0 amide bonds. The summed E-state index contributed by atoms with van der Waals surface area (Å²) in [6.45, 7) is 2.27. The minimum atomic E-state index is 0.831. The van der Waals surface area contributed by atoms with Crippen LogP contribution in [0.2, 0.25) is 0 Å². The number of rotatable bonds is 1. The van der Waals surface area contributed by atoms with Crippen molar-refractivity contribution in [3.63, 3.8) is 0 Å². The Morgan fingerprint density at radius 2 is 2.33 bits per heavy atom. The van der Waals surface area contributed by atoms with Crippen LogP contribution in [-0.4, -0.2) is 16.3 Å². The van der Waals surface area contributed by atoms with Gasteiger partial charge in [0.25, 0.3) is 0 Å². The highest BCUT2D eigenvalue weighted by Crippen LogP contribution is 2.39. The highest BCUT2D eigenvalue weighted by molar-refractivity contribution is 5.35. The second-order valence-corrected chi connectivity index (χ2v) is 3.88. The highest BCUT2D eigenvalue weighted by atomic mass is 15.3. The number of fused-ring (bicyclic) bond motifs is 1. The van der Waals surface area contributed by atoms with Gasteiger partial charge in [-0.15, -0.1) is 0 Å². The lowest BCUT2D eigenvalue weighted by atomic mass is 10.0. The molecule has 0 aromatic carbocycles. The quantitative estimate of drug-likeness (QED) is 0.677. The highest BCUT2D eigenvalue weighted by Gasteiger charge is 2.33. The maximum Gasteiger partial charge on any atom is 0.124 e. The van der Waals surface area contributed by atoms with Crippen molar-refractivity contribution in [3.05, 3.63) is 12.3 Å². The average molecular weight is 163 g/mol. The number of hydrogen-bond acceptors (Lipinski definition) is 2. The van der Waals surface area contributed by atoms with Crippen molar-refractivity contribution < 1.29 is 0 Å². The summed E-state index contributed by atoms with van der Waals surface area (Å²) < 4.78 is 2.09. The van der Waals surface area contributed by atoms with Crippen molar-refractivity contribution in [2.24, 2.45) is 11.8 Å². The standard InChI is InChI=1S/C9H13N3/c1-2-7(1)8-5-10-9-3-4-11-12(9)6-8/h3-4,7-8,10H,1-2,5-6H2. The number of hydrogen-bond donors (Lipinski definition) is 1. The van der Waals surface area contributed by atoms with E-state index >= 15 is 0 Å². The smallest absolute Gasteiger partial charge is 0.124 e. The van der Waals surface area contributed by atoms with Gasteiger partial charge in [-0.3, -0.25) is 0 Å². The molecular formula is C9H13N3. The van der Waals surface area contributed by atoms with Crippen LogP contribution >= 0.6 is 0 Å². The van der Waals surface area contributed by atoms with Crippen LogP contribution < -0.4 is 5.32 Å². The third-order valence-electron chi connectivity index (χ3n) is 2.96. The zero-order chi connectivity index (χ0) is 7.97. The van der Waals surface area contributed by atoms with Gasteiger partial charge in [-0.05, 0) is 24.7 Å². The first-order valence-electron chi connectivity index (χ1n) is 4.69. The summed E-state index contributed by atoms with van der Waals surface area (Å²) >= 11 is 0. The van der Waals surface area contributed by atoms with Gasteiger partial charge in [-0.1, -0.05) is 0 Å². The molecule has 1 unspecified atom stereocenters. The summed E-state index contributed by atoms with van der Waals surface area (Å²) in [4.78, 5) is 0. The minimum absolute atomic E-state index is 0.831. The van der Waals surface area contributed by atoms with Crippen LogP contribution in [0, 0.1) is 11.8 Å². The Hall–Kier alpha value is -0.990. The van der Waals surface area contributed by atoms with E-state index in [0.717, 1.165) is 24.9 Å². The van der Waals surface area contributed by atoms with Gasteiger partial charge in [0.2, 0.25) is 0 Å². The SMILES string of the molecule is c1cc2n(n1)CC(C1CC1)CN2. The fourth-order valence-corrected chi connectivity index (χ4v) is 2.03. The van der Waals surface area contributed by atoms with Gasteiger partial charge in [0, 0.05) is 19.2 Å². The Balaban J connectivity index is 1.83. The fourth-order valence-electron chi connectivity index (χ4n) is 2.03. The molecule has 1 N–H and O–H groups in total. The summed E-state index contributed by atoms with van der Waals surface area (Å²) in [5, 5.41) is 7.69. The molecule has 0 bridgehead atoms. The largest absolute Gasteiger partial charge is 0.370 e. The Morgan fingerprint density at radius 1 is 1.42 bits per heavy atom. The molecule has 0 saturated heterocycles. The van der Waals surface area contributed by atoms with Crippen LogP contribution in [0.1, 0.15) is 12.8 Å². The molecule has 12 heavy (non-hydrogen) atoms. The van der Waals surface area contributed by atoms with E-state index in [1.807, 2.05) is 12.3 Å². The molecule has 3 nitrogen and oxygen atoms in total. The normalized spacial score (nSPS) is 27.8. The molecule has 1 aliphatic heterocycles. The minimum Gasteiger partial charge on any atom is -0.370 e. The third-order valence-corrected chi connectivity index (χ3v) is 2.96. The number of anilines is 1. The molecule has 1 fully saturated rings. The molecular weight excluding hydrogens is 150 g/mol. The van der Waals surface area contributed by atoms with E-state index in [1.165, 1.54) is 18.7 Å². The number of nitrogens with zero attached hydrogens (tertiary/aromatic N) is 2. The fraction of sp³-hybridized carbons (Fsp3) is 0.667. The van der Waals surface area contributed by atoms with Crippen molar-refractivity contribution in [1.29, 1.82) is 0 Å². The van der Waals surface area contributed by atoms with E-state index in [9.17, 15) is 0 Å². The summed E-state index contributed by atoms with van der Waals surface area (Å²) in [6, 6.07) is 2.04. The summed E-state index contributed by atoms with van der Waals surface area (Å²) in [5.74, 6) is 3.00. The van der Waals surface area contributed by atoms with E-state index in [0.29, 0.717) is 0 Å². The summed E-state index contributed by atoms with van der Waals surface area (Å²) in [7, 11) is 0. The topological polar surface area (TPSA) is 29.9 Å². The molecule has 0 spiro atoms. The molecule has 0 radical (unpaired) electrons. The molecule has 3 heteroatoms. The van der Waals surface area contributed by atoms with Gasteiger partial charge in [0.15, 0.2) is 0 Å². The van der Waals surface area contributed by atoms with Gasteiger partial charge in [0.1, 0.15) is 5.82 Å². The second-order valence-electron chi connectivity index (χ2n) is 3.88. The molecule has 2 aliphatic rings. The third kappa shape index (κ3) is 0.924. The van der Waals surface area contributed by atoms with Crippen LogP contribution in [0.3, 0.4) is 0 Å². The van der Waals surface area contributed by atoms with Crippen molar-refractivity contribution in [2.75, 3.05) is 11.9 Å². The molecule has 1 aliphatic carbocycles. The molecule has 1 saturated carbocycles. The molecule has 64 valence electrons. The van der Waals surface area contributed by atoms with Gasteiger partial charge < -0.3 is 5.32 Å². The monoisotopic (exact) mass is 163 g/mol. The van der Waals surface area contributed by atoms with E-state index in [-0.39, 0.29) is 0 Å². The molecule has 1 atom stereocenters. The summed E-state index contributed by atoms with van der Waals surface area (Å²) in [5.41, 5.74) is 0. The molecule has 2 heterocycles. The predicted octanol–water partition coefficient (Wildman–Crippen LogP) is 1.33. The molecule has 3 rings (SSSR count). The number of aromatic nitrogens is 2. The van der Waals surface area contributed by atoms with Gasteiger partial charge >= 0.3 is 0 Å². The van der Waals surface area contributed by atoms with E-state index in [2.05, 4.69) is 15.1 Å². The van der Waals surface area contributed by atoms with Crippen LogP contribution in [-0.2, 0) is 6.54 Å². The Bertz CT molecular complexity index is 288. The van der Waals surface area contributed by atoms with Gasteiger partial charge in [-0.2, -0.15) is 5.10 Å². The van der Waals surface area contributed by atoms with E-state index in [4.69, 9.17) is 0 Å². The van der Waals surface area contributed by atoms with Crippen LogP contribution in [0.4, 0.5) is 5.82 Å². The van der Waals surface area contributed by atoms with Crippen molar-refractivity contribution in [1.82, 2.24) is 9.78 Å². The first kappa shape index (κ1) is 6.52. The van der Waals surface area contributed by atoms with E-state index < -0.39 is 0 Å². The zero-order valence-corrected chi connectivity index (χ0v) is 7.03. The van der Waals surface area contributed by atoms with Crippen LogP contribution in [0.15, 0.2) is 12.3 Å². The summed E-state index contributed by atoms with van der Waals surface area (Å²) in [6.07, 6.45) is 4.74. The van der Waals surface area contributed by atoms with Gasteiger partial charge in [0.05, 0.1) is 6.20 Å². The first-order valence-corrected chi connectivity index (χ1v) is 4.69. The predicted molar refractivity (Wildman–Crippen MR) is 46.9 cm³/mol. The van der Waals surface area contributed by atoms with Crippen LogP contribution in [0.25, 0.3) is 0 Å². The average Bonchev–Trinajstić information content (AvgIpc) is 2.84. The maximum absolute atomic E-state index is 4.27. The number of nitrogens with one attached hydrogen (secondary N) is 1.